The molecule has 0 atom stereocenters. The lowest BCUT2D eigenvalue weighted by Crippen LogP contribution is -2.08. The van der Waals surface area contributed by atoms with Crippen LogP contribution in [-0.4, -0.2) is 16.8 Å². The molecule has 1 aliphatic carbocycles. The van der Waals surface area contributed by atoms with E-state index in [1.165, 1.54) is 24.1 Å². The molecule has 100 valence electrons. The van der Waals surface area contributed by atoms with Gasteiger partial charge in [-0.2, -0.15) is 5.10 Å². The van der Waals surface area contributed by atoms with Crippen molar-refractivity contribution in [2.24, 2.45) is 0 Å². The fourth-order valence-corrected chi connectivity index (χ4v) is 2.60. The van der Waals surface area contributed by atoms with Gasteiger partial charge in [0.05, 0.1) is 17.6 Å². The zero-order valence-corrected chi connectivity index (χ0v) is 12.0. The van der Waals surface area contributed by atoms with Gasteiger partial charge in [0.25, 0.3) is 0 Å². The number of hydrogen-bond donors (Lipinski definition) is 1. The molecule has 1 N–H and O–H groups in total. The average Bonchev–Trinajstić information content (AvgIpc) is 3.15. The molecule has 4 heteroatoms. The molecular formula is C15H18ClN3. The van der Waals surface area contributed by atoms with E-state index in [1.54, 1.807) is 0 Å². The fourth-order valence-electron chi connectivity index (χ4n) is 2.43. The first-order chi connectivity index (χ1) is 9.20. The lowest BCUT2D eigenvalue weighted by molar-refractivity contribution is 0.774. The van der Waals surface area contributed by atoms with E-state index in [1.807, 2.05) is 32.3 Å². The van der Waals surface area contributed by atoms with Crippen molar-refractivity contribution in [3.63, 3.8) is 0 Å². The lowest BCUT2D eigenvalue weighted by Gasteiger charge is -2.10. The van der Waals surface area contributed by atoms with Crippen LogP contribution in [0.1, 0.15) is 35.6 Å². The van der Waals surface area contributed by atoms with Crippen molar-refractivity contribution >= 4 is 11.6 Å². The number of benzene rings is 1. The summed E-state index contributed by atoms with van der Waals surface area (Å²) < 4.78 is 2.05. The highest BCUT2D eigenvalue weighted by Crippen LogP contribution is 2.42. The molecule has 0 amide bonds. The Labute approximate surface area is 118 Å². The molecule has 1 heterocycles. The van der Waals surface area contributed by atoms with E-state index >= 15 is 0 Å². The number of hydrogen-bond acceptors (Lipinski definition) is 2. The molecule has 1 aliphatic rings. The minimum absolute atomic E-state index is 0.658. The van der Waals surface area contributed by atoms with Crippen molar-refractivity contribution in [3.8, 4) is 5.69 Å². The molecule has 0 bridgehead atoms. The first-order valence-electron chi connectivity index (χ1n) is 6.68. The highest BCUT2D eigenvalue weighted by Gasteiger charge is 2.30. The molecule has 0 radical (unpaired) electrons. The topological polar surface area (TPSA) is 29.9 Å². The van der Waals surface area contributed by atoms with Crippen LogP contribution in [-0.2, 0) is 6.54 Å². The average molecular weight is 276 g/mol. The van der Waals surface area contributed by atoms with Crippen LogP contribution in [0.5, 0.6) is 0 Å². The largest absolute Gasteiger partial charge is 0.316 e. The van der Waals surface area contributed by atoms with E-state index in [0.717, 1.165) is 22.8 Å². The summed E-state index contributed by atoms with van der Waals surface area (Å²) in [6, 6.07) is 6.13. The van der Waals surface area contributed by atoms with E-state index in [-0.39, 0.29) is 0 Å². The zero-order valence-electron chi connectivity index (χ0n) is 11.3. The molecule has 19 heavy (non-hydrogen) atoms. The first kappa shape index (κ1) is 12.7. The summed E-state index contributed by atoms with van der Waals surface area (Å²) in [5, 5.41) is 8.56. The maximum absolute atomic E-state index is 6.23. The van der Waals surface area contributed by atoms with Gasteiger partial charge in [-0.3, -0.25) is 0 Å². The van der Waals surface area contributed by atoms with Crippen LogP contribution in [0.25, 0.3) is 5.69 Å². The number of aryl methyl sites for hydroxylation is 1. The van der Waals surface area contributed by atoms with Crippen LogP contribution in [0.15, 0.2) is 24.4 Å². The molecule has 0 unspecified atom stereocenters. The quantitative estimate of drug-likeness (QED) is 0.926. The SMILES string of the molecule is CNCc1cnn(-c2ccc(C)c(Cl)c2)c1C1CC1. The van der Waals surface area contributed by atoms with Crippen LogP contribution >= 0.6 is 11.6 Å². The van der Waals surface area contributed by atoms with Crippen LogP contribution in [0.4, 0.5) is 0 Å². The van der Waals surface area contributed by atoms with Gasteiger partial charge in [-0.15, -0.1) is 0 Å². The summed E-state index contributed by atoms with van der Waals surface area (Å²) in [5.74, 6) is 0.658. The molecule has 3 rings (SSSR count). The summed E-state index contributed by atoms with van der Waals surface area (Å²) in [4.78, 5) is 0. The maximum Gasteiger partial charge on any atom is 0.0664 e. The molecular weight excluding hydrogens is 258 g/mol. The minimum atomic E-state index is 0.658. The van der Waals surface area contributed by atoms with Crippen molar-refractivity contribution in [2.75, 3.05) is 7.05 Å². The molecule has 2 aromatic rings. The number of nitrogens with one attached hydrogen (secondary N) is 1. The molecule has 1 fully saturated rings. The molecule has 0 saturated heterocycles. The number of nitrogens with zero attached hydrogens (tertiary/aromatic N) is 2. The number of rotatable bonds is 4. The maximum atomic E-state index is 6.23. The summed E-state index contributed by atoms with van der Waals surface area (Å²) in [7, 11) is 1.97. The summed E-state index contributed by atoms with van der Waals surface area (Å²) in [6.45, 7) is 2.88. The third-order valence-corrected chi connectivity index (χ3v) is 4.02. The van der Waals surface area contributed by atoms with Crippen molar-refractivity contribution in [2.45, 2.75) is 32.2 Å². The molecule has 1 aromatic heterocycles. The normalized spacial score (nSPS) is 14.9. The highest BCUT2D eigenvalue weighted by molar-refractivity contribution is 6.31. The third kappa shape index (κ3) is 2.40. The van der Waals surface area contributed by atoms with Gasteiger partial charge in [0, 0.05) is 23.0 Å². The van der Waals surface area contributed by atoms with Gasteiger partial charge in [-0.05, 0) is 44.5 Å². The standard InChI is InChI=1S/C15H18ClN3/c1-10-3-6-13(7-14(10)16)19-15(11-4-5-11)12(8-17-2)9-18-19/h3,6-7,9,11,17H,4-5,8H2,1-2H3. The summed E-state index contributed by atoms with van der Waals surface area (Å²) in [6.07, 6.45) is 4.50. The van der Waals surface area contributed by atoms with E-state index in [9.17, 15) is 0 Å². The Morgan fingerprint density at radius 3 is 2.84 bits per heavy atom. The fraction of sp³-hybridized carbons (Fsp3) is 0.400. The lowest BCUT2D eigenvalue weighted by atomic mass is 10.1. The predicted molar refractivity (Wildman–Crippen MR) is 78.0 cm³/mol. The second-order valence-electron chi connectivity index (χ2n) is 5.20. The van der Waals surface area contributed by atoms with Gasteiger partial charge in [0.2, 0.25) is 0 Å². The second kappa shape index (κ2) is 4.99. The van der Waals surface area contributed by atoms with Gasteiger partial charge in [0.15, 0.2) is 0 Å². The van der Waals surface area contributed by atoms with E-state index in [4.69, 9.17) is 11.6 Å². The first-order valence-corrected chi connectivity index (χ1v) is 7.06. The smallest absolute Gasteiger partial charge is 0.0664 e. The van der Waals surface area contributed by atoms with Gasteiger partial charge in [-0.25, -0.2) is 4.68 Å². The number of halogens is 1. The van der Waals surface area contributed by atoms with Gasteiger partial charge < -0.3 is 5.32 Å². The Hall–Kier alpha value is -1.32. The summed E-state index contributed by atoms with van der Waals surface area (Å²) in [5.41, 5.74) is 4.79. The Morgan fingerprint density at radius 2 is 2.21 bits per heavy atom. The Kier molecular flexibility index (Phi) is 3.33. The van der Waals surface area contributed by atoms with Gasteiger partial charge in [0.1, 0.15) is 0 Å². The van der Waals surface area contributed by atoms with Crippen LogP contribution in [0.2, 0.25) is 5.02 Å². The molecule has 1 aromatic carbocycles. The molecule has 3 nitrogen and oxygen atoms in total. The van der Waals surface area contributed by atoms with Crippen molar-refractivity contribution < 1.29 is 0 Å². The Balaban J connectivity index is 2.06. The summed E-state index contributed by atoms with van der Waals surface area (Å²) >= 11 is 6.23. The van der Waals surface area contributed by atoms with Crippen LogP contribution in [0.3, 0.4) is 0 Å². The van der Waals surface area contributed by atoms with Crippen molar-refractivity contribution in [1.82, 2.24) is 15.1 Å². The van der Waals surface area contributed by atoms with Gasteiger partial charge in [-0.1, -0.05) is 17.7 Å². The molecule has 0 aliphatic heterocycles. The van der Waals surface area contributed by atoms with Crippen molar-refractivity contribution in [1.29, 1.82) is 0 Å². The van der Waals surface area contributed by atoms with Crippen LogP contribution in [0, 0.1) is 6.92 Å². The van der Waals surface area contributed by atoms with Gasteiger partial charge >= 0.3 is 0 Å². The molecule has 1 saturated carbocycles. The van der Waals surface area contributed by atoms with E-state index < -0.39 is 0 Å². The minimum Gasteiger partial charge on any atom is -0.316 e. The van der Waals surface area contributed by atoms with E-state index in [2.05, 4.69) is 21.2 Å². The number of aromatic nitrogens is 2. The van der Waals surface area contributed by atoms with Crippen molar-refractivity contribution in [3.05, 3.63) is 46.2 Å². The second-order valence-corrected chi connectivity index (χ2v) is 5.61. The Morgan fingerprint density at radius 1 is 1.42 bits per heavy atom. The predicted octanol–water partition coefficient (Wildman–Crippen LogP) is 3.43. The van der Waals surface area contributed by atoms with E-state index in [0.29, 0.717) is 5.92 Å². The highest BCUT2D eigenvalue weighted by atomic mass is 35.5. The zero-order chi connectivity index (χ0) is 13.4. The van der Waals surface area contributed by atoms with Crippen LogP contribution < -0.4 is 5.32 Å². The molecule has 0 spiro atoms. The third-order valence-electron chi connectivity index (χ3n) is 3.62. The monoisotopic (exact) mass is 275 g/mol. The Bertz CT molecular complexity index is 599.